The number of carbonyl (C=O) groups excluding carboxylic acids is 2. The van der Waals surface area contributed by atoms with E-state index in [2.05, 4.69) is 5.32 Å². The third-order valence-corrected chi connectivity index (χ3v) is 4.29. The molecule has 1 unspecified atom stereocenters. The van der Waals surface area contributed by atoms with Crippen LogP contribution in [0, 0.1) is 0 Å². The fourth-order valence-electron chi connectivity index (χ4n) is 2.70. The highest BCUT2D eigenvalue weighted by Gasteiger charge is 2.17. The molecule has 0 aliphatic carbocycles. The topological polar surface area (TPSA) is 58.6 Å². The largest absolute Gasteiger partial charge is 0.481 e. The molecule has 1 aliphatic rings. The zero-order chi connectivity index (χ0) is 17.4. The van der Waals surface area contributed by atoms with Crippen molar-refractivity contribution in [3.63, 3.8) is 0 Å². The molecule has 2 rings (SSSR count). The molecule has 1 aromatic carbocycles. The van der Waals surface area contributed by atoms with Crippen molar-refractivity contribution in [3.05, 3.63) is 29.3 Å². The number of likely N-dealkylation sites (tertiary alicyclic amines) is 1. The number of rotatable bonds is 7. The number of benzene rings is 1. The Hall–Kier alpha value is -1.75. The molecule has 0 radical (unpaired) electrons. The van der Waals surface area contributed by atoms with E-state index >= 15 is 0 Å². The van der Waals surface area contributed by atoms with Crippen LogP contribution in [0.25, 0.3) is 0 Å². The quantitative estimate of drug-likeness (QED) is 0.767. The van der Waals surface area contributed by atoms with Crippen molar-refractivity contribution in [3.8, 4) is 5.75 Å². The van der Waals surface area contributed by atoms with E-state index in [4.69, 9.17) is 16.3 Å². The summed E-state index contributed by atoms with van der Waals surface area (Å²) in [5, 5.41) is 3.42. The fourth-order valence-corrected chi connectivity index (χ4v) is 2.88. The lowest BCUT2D eigenvalue weighted by Gasteiger charge is -2.20. The predicted octanol–water partition coefficient (Wildman–Crippen LogP) is 3.02. The molecule has 1 fully saturated rings. The highest BCUT2D eigenvalue weighted by Crippen LogP contribution is 2.18. The van der Waals surface area contributed by atoms with E-state index in [-0.39, 0.29) is 11.8 Å². The molecule has 2 amide bonds. The zero-order valence-electron chi connectivity index (χ0n) is 14.1. The van der Waals surface area contributed by atoms with Gasteiger partial charge in [0.05, 0.1) is 0 Å². The van der Waals surface area contributed by atoms with Crippen molar-refractivity contribution in [1.29, 1.82) is 0 Å². The van der Waals surface area contributed by atoms with Gasteiger partial charge in [0.25, 0.3) is 5.91 Å². The van der Waals surface area contributed by atoms with Crippen LogP contribution in [0.2, 0.25) is 5.02 Å². The highest BCUT2D eigenvalue weighted by molar-refractivity contribution is 6.30. The first kappa shape index (κ1) is 18.6. The minimum absolute atomic E-state index is 0.169. The normalized spacial score (nSPS) is 16.4. The van der Waals surface area contributed by atoms with Gasteiger partial charge in [-0.05, 0) is 44.4 Å². The lowest BCUT2D eigenvalue weighted by molar-refractivity contribution is -0.130. The monoisotopic (exact) mass is 352 g/mol. The number of hydrogen-bond acceptors (Lipinski definition) is 3. The maximum Gasteiger partial charge on any atom is 0.260 e. The lowest BCUT2D eigenvalue weighted by atomic mass is 10.2. The van der Waals surface area contributed by atoms with Gasteiger partial charge in [-0.1, -0.05) is 24.1 Å². The molecule has 1 N–H and O–H groups in total. The third kappa shape index (κ3) is 6.04. The van der Waals surface area contributed by atoms with Crippen molar-refractivity contribution >= 4 is 23.4 Å². The number of hydrogen-bond donors (Lipinski definition) is 1. The molecule has 0 bridgehead atoms. The smallest absolute Gasteiger partial charge is 0.260 e. The van der Waals surface area contributed by atoms with Crippen molar-refractivity contribution in [2.45, 2.75) is 45.1 Å². The second kappa shape index (κ2) is 9.52. The van der Waals surface area contributed by atoms with Gasteiger partial charge in [-0.2, -0.15) is 0 Å². The minimum atomic E-state index is -0.594. The molecule has 1 aliphatic heterocycles. The van der Waals surface area contributed by atoms with Crippen LogP contribution in [0.3, 0.4) is 0 Å². The Morgan fingerprint density at radius 1 is 1.38 bits per heavy atom. The fraction of sp³-hybridized carbons (Fsp3) is 0.556. The van der Waals surface area contributed by atoms with Gasteiger partial charge in [0, 0.05) is 31.1 Å². The van der Waals surface area contributed by atoms with E-state index in [9.17, 15) is 9.59 Å². The number of amides is 2. The van der Waals surface area contributed by atoms with Crippen molar-refractivity contribution in [2.75, 3.05) is 19.6 Å². The van der Waals surface area contributed by atoms with E-state index in [1.165, 1.54) is 0 Å². The molecule has 1 aromatic rings. The van der Waals surface area contributed by atoms with Crippen LogP contribution in [0.4, 0.5) is 0 Å². The maximum atomic E-state index is 12.1. The SMILES string of the molecule is CC(Oc1cccc(Cl)c1)C(=O)NCCCN1CCCCCC1=O. The summed E-state index contributed by atoms with van der Waals surface area (Å²) in [7, 11) is 0. The molecule has 5 nitrogen and oxygen atoms in total. The Kier molecular flexibility index (Phi) is 7.37. The first-order chi connectivity index (χ1) is 11.6. The summed E-state index contributed by atoms with van der Waals surface area (Å²) in [6.45, 7) is 3.77. The van der Waals surface area contributed by atoms with Gasteiger partial charge in [-0.3, -0.25) is 9.59 Å². The molecule has 0 aromatic heterocycles. The van der Waals surface area contributed by atoms with Gasteiger partial charge in [0.15, 0.2) is 6.10 Å². The molecule has 0 spiro atoms. The molecular weight excluding hydrogens is 328 g/mol. The first-order valence-electron chi connectivity index (χ1n) is 8.54. The average molecular weight is 353 g/mol. The van der Waals surface area contributed by atoms with Crippen molar-refractivity contribution < 1.29 is 14.3 Å². The average Bonchev–Trinajstić information content (AvgIpc) is 2.76. The number of ether oxygens (including phenoxy) is 1. The Morgan fingerprint density at radius 2 is 2.21 bits per heavy atom. The number of nitrogens with one attached hydrogen (secondary N) is 1. The summed E-state index contributed by atoms with van der Waals surface area (Å²) in [5.74, 6) is 0.633. The van der Waals surface area contributed by atoms with Gasteiger partial charge in [-0.25, -0.2) is 0 Å². The highest BCUT2D eigenvalue weighted by atomic mass is 35.5. The lowest BCUT2D eigenvalue weighted by Crippen LogP contribution is -2.38. The van der Waals surface area contributed by atoms with Crippen molar-refractivity contribution in [1.82, 2.24) is 10.2 Å². The van der Waals surface area contributed by atoms with Crippen LogP contribution in [0.1, 0.15) is 39.0 Å². The molecule has 24 heavy (non-hydrogen) atoms. The Morgan fingerprint density at radius 3 is 3.00 bits per heavy atom. The molecule has 1 heterocycles. The van der Waals surface area contributed by atoms with Crippen LogP contribution in [-0.4, -0.2) is 42.5 Å². The summed E-state index contributed by atoms with van der Waals surface area (Å²) in [6, 6.07) is 6.97. The van der Waals surface area contributed by atoms with E-state index < -0.39 is 6.10 Å². The summed E-state index contributed by atoms with van der Waals surface area (Å²) < 4.78 is 5.58. The molecular formula is C18H25ClN2O3. The molecule has 1 atom stereocenters. The maximum absolute atomic E-state index is 12.1. The van der Waals surface area contributed by atoms with E-state index in [0.29, 0.717) is 30.3 Å². The van der Waals surface area contributed by atoms with Crippen LogP contribution < -0.4 is 10.1 Å². The van der Waals surface area contributed by atoms with E-state index in [0.717, 1.165) is 32.2 Å². The minimum Gasteiger partial charge on any atom is -0.481 e. The van der Waals surface area contributed by atoms with Crippen LogP contribution in [-0.2, 0) is 9.59 Å². The van der Waals surface area contributed by atoms with Gasteiger partial charge in [-0.15, -0.1) is 0 Å². The summed E-state index contributed by atoms with van der Waals surface area (Å²) in [4.78, 5) is 25.8. The first-order valence-corrected chi connectivity index (χ1v) is 8.92. The van der Waals surface area contributed by atoms with Gasteiger partial charge in [0.2, 0.25) is 5.91 Å². The summed E-state index contributed by atoms with van der Waals surface area (Å²) in [6.07, 6.45) is 3.99. The Balaban J connectivity index is 1.67. The number of nitrogens with zero attached hydrogens (tertiary/aromatic N) is 1. The predicted molar refractivity (Wildman–Crippen MR) is 94.2 cm³/mol. The second-order valence-electron chi connectivity index (χ2n) is 6.05. The van der Waals surface area contributed by atoms with Gasteiger partial charge < -0.3 is 15.0 Å². The standard InChI is InChI=1S/C18H25ClN2O3/c1-14(24-16-8-5-7-15(19)13-16)18(23)20-10-6-12-21-11-4-2-3-9-17(21)22/h5,7-8,13-14H,2-4,6,9-12H2,1H3,(H,20,23). The number of carbonyl (C=O) groups is 2. The van der Waals surface area contributed by atoms with E-state index in [1.54, 1.807) is 31.2 Å². The van der Waals surface area contributed by atoms with Crippen LogP contribution >= 0.6 is 11.6 Å². The molecule has 1 saturated heterocycles. The van der Waals surface area contributed by atoms with Crippen LogP contribution in [0.15, 0.2) is 24.3 Å². The van der Waals surface area contributed by atoms with Gasteiger partial charge in [0.1, 0.15) is 5.75 Å². The van der Waals surface area contributed by atoms with Gasteiger partial charge >= 0.3 is 0 Å². The molecule has 6 heteroatoms. The van der Waals surface area contributed by atoms with Crippen LogP contribution in [0.5, 0.6) is 5.75 Å². The molecule has 0 saturated carbocycles. The zero-order valence-corrected chi connectivity index (χ0v) is 14.8. The van der Waals surface area contributed by atoms with Crippen molar-refractivity contribution in [2.24, 2.45) is 0 Å². The number of halogens is 1. The summed E-state index contributed by atoms with van der Waals surface area (Å²) in [5.41, 5.74) is 0. The molecule has 132 valence electrons. The third-order valence-electron chi connectivity index (χ3n) is 4.05. The Labute approximate surface area is 148 Å². The van der Waals surface area contributed by atoms with E-state index in [1.807, 2.05) is 4.90 Å². The second-order valence-corrected chi connectivity index (χ2v) is 6.49. The summed E-state index contributed by atoms with van der Waals surface area (Å²) >= 11 is 5.89. The Bertz CT molecular complexity index is 565.